The number of halogens is 1. The van der Waals surface area contributed by atoms with Gasteiger partial charge in [-0.15, -0.1) is 0 Å². The Bertz CT molecular complexity index is 456. The molecule has 2 unspecified atom stereocenters. The van der Waals surface area contributed by atoms with Crippen molar-refractivity contribution in [3.8, 4) is 5.75 Å². The molecule has 1 aliphatic heterocycles. The first-order valence-corrected chi connectivity index (χ1v) is 7.90. The van der Waals surface area contributed by atoms with Crippen LogP contribution >= 0.6 is 11.6 Å². The van der Waals surface area contributed by atoms with Crippen LogP contribution in [0, 0.1) is 0 Å². The SMILES string of the molecule is CCCNC(c1ccc(Cl)c(OC)c1)C1CN(C)CCO1. The van der Waals surface area contributed by atoms with E-state index in [2.05, 4.69) is 30.3 Å². The Kier molecular flexibility index (Phi) is 6.30. The molecule has 1 N–H and O–H groups in total. The second kappa shape index (κ2) is 7.99. The van der Waals surface area contributed by atoms with Crippen LogP contribution in [0.5, 0.6) is 5.75 Å². The molecule has 1 aromatic rings. The summed E-state index contributed by atoms with van der Waals surface area (Å²) in [7, 11) is 3.78. The van der Waals surface area contributed by atoms with Gasteiger partial charge in [-0.1, -0.05) is 24.6 Å². The Morgan fingerprint density at radius 2 is 2.33 bits per heavy atom. The van der Waals surface area contributed by atoms with Crippen molar-refractivity contribution in [2.24, 2.45) is 0 Å². The quantitative estimate of drug-likeness (QED) is 0.876. The maximum Gasteiger partial charge on any atom is 0.137 e. The minimum atomic E-state index is 0.140. The van der Waals surface area contributed by atoms with Gasteiger partial charge in [-0.2, -0.15) is 0 Å². The monoisotopic (exact) mass is 312 g/mol. The molecule has 0 aliphatic carbocycles. The molecule has 1 aliphatic rings. The molecule has 2 rings (SSSR count). The second-order valence-corrected chi connectivity index (χ2v) is 5.90. The zero-order chi connectivity index (χ0) is 15.2. The number of ether oxygens (including phenoxy) is 2. The van der Waals surface area contributed by atoms with Gasteiger partial charge in [-0.05, 0) is 37.7 Å². The molecule has 1 saturated heterocycles. The minimum absolute atomic E-state index is 0.140. The fourth-order valence-corrected chi connectivity index (χ4v) is 2.84. The summed E-state index contributed by atoms with van der Waals surface area (Å²) in [5, 5.41) is 4.23. The van der Waals surface area contributed by atoms with E-state index in [1.54, 1.807) is 7.11 Å². The van der Waals surface area contributed by atoms with E-state index in [0.717, 1.165) is 38.2 Å². The molecule has 1 fully saturated rings. The maximum absolute atomic E-state index is 6.13. The summed E-state index contributed by atoms with van der Waals surface area (Å²) < 4.78 is 11.3. The van der Waals surface area contributed by atoms with Crippen LogP contribution in [0.2, 0.25) is 5.02 Å². The number of methoxy groups -OCH3 is 1. The van der Waals surface area contributed by atoms with Gasteiger partial charge in [0.1, 0.15) is 5.75 Å². The van der Waals surface area contributed by atoms with Gasteiger partial charge in [0, 0.05) is 13.1 Å². The maximum atomic E-state index is 6.13. The average Bonchev–Trinajstić information content (AvgIpc) is 2.49. The standard InChI is InChI=1S/C16H25ClN2O2/c1-4-7-18-16(15-11-19(2)8-9-21-15)12-5-6-13(17)14(10-12)20-3/h5-6,10,15-16,18H,4,7-9,11H2,1-3H3. The highest BCUT2D eigenvalue weighted by atomic mass is 35.5. The summed E-state index contributed by atoms with van der Waals surface area (Å²) in [5.41, 5.74) is 1.16. The highest BCUT2D eigenvalue weighted by Gasteiger charge is 2.28. The molecule has 0 spiro atoms. The zero-order valence-corrected chi connectivity index (χ0v) is 13.8. The topological polar surface area (TPSA) is 33.7 Å². The van der Waals surface area contributed by atoms with Crippen LogP contribution in [0.3, 0.4) is 0 Å². The average molecular weight is 313 g/mol. The van der Waals surface area contributed by atoms with Crippen LogP contribution in [0.4, 0.5) is 0 Å². The fourth-order valence-electron chi connectivity index (χ4n) is 2.65. The largest absolute Gasteiger partial charge is 0.495 e. The number of benzene rings is 1. The van der Waals surface area contributed by atoms with Crippen LogP contribution < -0.4 is 10.1 Å². The van der Waals surface area contributed by atoms with Crippen LogP contribution in [-0.4, -0.2) is 51.4 Å². The highest BCUT2D eigenvalue weighted by Crippen LogP contribution is 2.30. The first-order valence-electron chi connectivity index (χ1n) is 7.52. The van der Waals surface area contributed by atoms with Crippen molar-refractivity contribution in [2.45, 2.75) is 25.5 Å². The van der Waals surface area contributed by atoms with Crippen molar-refractivity contribution in [1.29, 1.82) is 0 Å². The minimum Gasteiger partial charge on any atom is -0.495 e. The molecule has 1 aromatic carbocycles. The molecule has 5 heteroatoms. The molecule has 0 amide bonds. The van der Waals surface area contributed by atoms with Gasteiger partial charge in [0.2, 0.25) is 0 Å². The Morgan fingerprint density at radius 1 is 1.52 bits per heavy atom. The summed E-state index contributed by atoms with van der Waals surface area (Å²) in [6, 6.07) is 6.10. The van der Waals surface area contributed by atoms with Crippen LogP contribution in [0.15, 0.2) is 18.2 Å². The first-order chi connectivity index (χ1) is 10.2. The van der Waals surface area contributed by atoms with Crippen molar-refractivity contribution >= 4 is 11.6 Å². The Labute approximate surface area is 132 Å². The lowest BCUT2D eigenvalue weighted by atomic mass is 9.99. The second-order valence-electron chi connectivity index (χ2n) is 5.50. The number of nitrogens with one attached hydrogen (secondary N) is 1. The first kappa shape index (κ1) is 16.6. The number of morpholine rings is 1. The summed E-state index contributed by atoms with van der Waals surface area (Å²) in [6.07, 6.45) is 1.23. The fraction of sp³-hybridized carbons (Fsp3) is 0.625. The smallest absolute Gasteiger partial charge is 0.137 e. The third-order valence-electron chi connectivity index (χ3n) is 3.82. The molecule has 0 aromatic heterocycles. The van der Waals surface area contributed by atoms with Crippen LogP contribution in [-0.2, 0) is 4.74 Å². The third-order valence-corrected chi connectivity index (χ3v) is 4.13. The molecule has 1 heterocycles. The predicted octanol–water partition coefficient (Wildman–Crippen LogP) is 2.72. The molecular formula is C16H25ClN2O2. The van der Waals surface area contributed by atoms with Crippen molar-refractivity contribution < 1.29 is 9.47 Å². The lowest BCUT2D eigenvalue weighted by molar-refractivity contribution is -0.0392. The number of rotatable bonds is 6. The van der Waals surface area contributed by atoms with E-state index < -0.39 is 0 Å². The highest BCUT2D eigenvalue weighted by molar-refractivity contribution is 6.32. The molecule has 0 radical (unpaired) electrons. The van der Waals surface area contributed by atoms with Gasteiger partial charge in [0.15, 0.2) is 0 Å². The number of hydrogen-bond donors (Lipinski definition) is 1. The van der Waals surface area contributed by atoms with E-state index in [1.807, 2.05) is 12.1 Å². The van der Waals surface area contributed by atoms with E-state index in [0.29, 0.717) is 10.8 Å². The van der Waals surface area contributed by atoms with E-state index in [4.69, 9.17) is 21.1 Å². The Hall–Kier alpha value is -0.810. The lowest BCUT2D eigenvalue weighted by Crippen LogP contribution is -2.46. The number of nitrogens with zero attached hydrogens (tertiary/aromatic N) is 1. The van der Waals surface area contributed by atoms with Gasteiger partial charge in [-0.3, -0.25) is 0 Å². The molecule has 118 valence electrons. The Morgan fingerprint density at radius 3 is 3.00 bits per heavy atom. The van der Waals surface area contributed by atoms with Gasteiger partial charge < -0.3 is 19.7 Å². The van der Waals surface area contributed by atoms with Crippen LogP contribution in [0.1, 0.15) is 24.9 Å². The molecular weight excluding hydrogens is 288 g/mol. The summed E-state index contributed by atoms with van der Waals surface area (Å²) in [5.74, 6) is 0.710. The van der Waals surface area contributed by atoms with Crippen molar-refractivity contribution in [3.63, 3.8) is 0 Å². The van der Waals surface area contributed by atoms with E-state index >= 15 is 0 Å². The normalized spacial score (nSPS) is 21.2. The molecule has 21 heavy (non-hydrogen) atoms. The van der Waals surface area contributed by atoms with Gasteiger partial charge in [0.25, 0.3) is 0 Å². The van der Waals surface area contributed by atoms with Crippen LogP contribution in [0.25, 0.3) is 0 Å². The summed E-state index contributed by atoms with van der Waals surface area (Å²) in [4.78, 5) is 2.31. The Balaban J connectivity index is 2.22. The number of likely N-dealkylation sites (N-methyl/N-ethyl adjacent to an activating group) is 1. The number of hydrogen-bond acceptors (Lipinski definition) is 4. The zero-order valence-electron chi connectivity index (χ0n) is 13.1. The van der Waals surface area contributed by atoms with E-state index in [9.17, 15) is 0 Å². The molecule has 0 bridgehead atoms. The summed E-state index contributed by atoms with van der Waals surface area (Å²) in [6.45, 7) is 5.81. The van der Waals surface area contributed by atoms with Crippen molar-refractivity contribution in [1.82, 2.24) is 10.2 Å². The predicted molar refractivity (Wildman–Crippen MR) is 86.3 cm³/mol. The van der Waals surface area contributed by atoms with E-state index in [1.165, 1.54) is 0 Å². The van der Waals surface area contributed by atoms with Crippen molar-refractivity contribution in [2.75, 3.05) is 40.4 Å². The lowest BCUT2D eigenvalue weighted by Gasteiger charge is -2.36. The van der Waals surface area contributed by atoms with Gasteiger partial charge in [0.05, 0.1) is 30.9 Å². The van der Waals surface area contributed by atoms with E-state index in [-0.39, 0.29) is 12.1 Å². The third kappa shape index (κ3) is 4.33. The van der Waals surface area contributed by atoms with Gasteiger partial charge in [-0.25, -0.2) is 0 Å². The molecule has 0 saturated carbocycles. The van der Waals surface area contributed by atoms with Crippen molar-refractivity contribution in [3.05, 3.63) is 28.8 Å². The van der Waals surface area contributed by atoms with Gasteiger partial charge >= 0.3 is 0 Å². The summed E-state index contributed by atoms with van der Waals surface area (Å²) >= 11 is 6.13. The molecule has 2 atom stereocenters. The molecule has 4 nitrogen and oxygen atoms in total.